The Balaban J connectivity index is 2.59. The number of carbonyl (C=O) groups excluding carboxylic acids is 1. The summed E-state index contributed by atoms with van der Waals surface area (Å²) in [6.07, 6.45) is 0. The van der Waals surface area contributed by atoms with Gasteiger partial charge in [0.15, 0.2) is 5.82 Å². The number of amides is 1. The third-order valence-electron chi connectivity index (χ3n) is 2.34. The minimum Gasteiger partial charge on any atom is -0.396 e. The maximum absolute atomic E-state index is 13.6. The summed E-state index contributed by atoms with van der Waals surface area (Å²) in [5.74, 6) is -0.477. The molecule has 1 rings (SSSR count). The van der Waals surface area contributed by atoms with Gasteiger partial charge in [-0.2, -0.15) is 0 Å². The highest BCUT2D eigenvalue weighted by Crippen LogP contribution is 2.15. The van der Waals surface area contributed by atoms with Crippen molar-refractivity contribution in [1.29, 1.82) is 0 Å². The third-order valence-corrected chi connectivity index (χ3v) is 2.34. The molecule has 0 aliphatic carbocycles. The van der Waals surface area contributed by atoms with E-state index in [4.69, 9.17) is 5.73 Å². The molecule has 0 aliphatic heterocycles. The molecule has 0 aliphatic rings. The van der Waals surface area contributed by atoms with Gasteiger partial charge in [0.1, 0.15) is 0 Å². The lowest BCUT2D eigenvalue weighted by molar-refractivity contribution is -0.121. The predicted molar refractivity (Wildman–Crippen MR) is 65.8 cm³/mol. The first-order chi connectivity index (χ1) is 8.04. The van der Waals surface area contributed by atoms with Gasteiger partial charge < -0.3 is 11.1 Å². The molecule has 0 bridgehead atoms. The molecule has 0 heterocycles. The Labute approximate surface area is 101 Å². The number of anilines is 1. The van der Waals surface area contributed by atoms with E-state index in [-0.39, 0.29) is 18.1 Å². The molecule has 0 aromatic heterocycles. The van der Waals surface area contributed by atoms with Crippen LogP contribution in [0.1, 0.15) is 12.5 Å². The highest BCUT2D eigenvalue weighted by molar-refractivity contribution is 5.77. The summed E-state index contributed by atoms with van der Waals surface area (Å²) in [6, 6.07) is 4.89. The number of nitrogens with zero attached hydrogens (tertiary/aromatic N) is 1. The van der Waals surface area contributed by atoms with Crippen molar-refractivity contribution in [2.24, 2.45) is 0 Å². The summed E-state index contributed by atoms with van der Waals surface area (Å²) in [4.78, 5) is 13.1. The van der Waals surface area contributed by atoms with E-state index in [1.807, 2.05) is 6.92 Å². The third kappa shape index (κ3) is 4.03. The summed E-state index contributed by atoms with van der Waals surface area (Å²) >= 11 is 0. The summed E-state index contributed by atoms with van der Waals surface area (Å²) in [5.41, 5.74) is 6.10. The van der Waals surface area contributed by atoms with Gasteiger partial charge in [-0.3, -0.25) is 9.69 Å². The molecule has 0 radical (unpaired) electrons. The number of carbonyl (C=O) groups is 1. The molecule has 0 spiro atoms. The van der Waals surface area contributed by atoms with Gasteiger partial charge in [0.2, 0.25) is 5.91 Å². The standard InChI is InChI=1S/C12H18FN3O/c1-3-15-11(17)8-16(2)7-9-5-4-6-10(14)12(9)13/h4-6H,3,7-8,14H2,1-2H3,(H,15,17). The van der Waals surface area contributed by atoms with Crippen molar-refractivity contribution in [1.82, 2.24) is 10.2 Å². The number of nitrogens with one attached hydrogen (secondary N) is 1. The quantitative estimate of drug-likeness (QED) is 0.753. The fourth-order valence-electron chi connectivity index (χ4n) is 1.57. The molecule has 3 N–H and O–H groups in total. The average Bonchev–Trinajstić information content (AvgIpc) is 2.25. The van der Waals surface area contributed by atoms with Crippen molar-refractivity contribution in [3.8, 4) is 0 Å². The fraction of sp³-hybridized carbons (Fsp3) is 0.417. The molecule has 17 heavy (non-hydrogen) atoms. The van der Waals surface area contributed by atoms with E-state index in [9.17, 15) is 9.18 Å². The molecule has 0 saturated carbocycles. The molecule has 0 saturated heterocycles. The van der Waals surface area contributed by atoms with Crippen molar-refractivity contribution in [2.75, 3.05) is 25.9 Å². The van der Waals surface area contributed by atoms with Gasteiger partial charge in [0.25, 0.3) is 0 Å². The number of hydrogen-bond donors (Lipinski definition) is 2. The van der Waals surface area contributed by atoms with Crippen LogP contribution in [0.2, 0.25) is 0 Å². The van der Waals surface area contributed by atoms with E-state index in [1.54, 1.807) is 24.1 Å². The minimum atomic E-state index is -0.407. The minimum absolute atomic E-state index is 0.0701. The van der Waals surface area contributed by atoms with Crippen molar-refractivity contribution < 1.29 is 9.18 Å². The monoisotopic (exact) mass is 239 g/mol. The first kappa shape index (κ1) is 13.4. The van der Waals surface area contributed by atoms with Crippen molar-refractivity contribution in [3.05, 3.63) is 29.6 Å². The van der Waals surface area contributed by atoms with E-state index < -0.39 is 5.82 Å². The summed E-state index contributed by atoms with van der Waals surface area (Å²) in [5, 5.41) is 2.69. The number of rotatable bonds is 5. The van der Waals surface area contributed by atoms with E-state index in [0.29, 0.717) is 18.7 Å². The normalized spacial score (nSPS) is 10.6. The van der Waals surface area contributed by atoms with E-state index in [1.165, 1.54) is 6.07 Å². The van der Waals surface area contributed by atoms with Crippen LogP contribution < -0.4 is 11.1 Å². The van der Waals surface area contributed by atoms with E-state index in [0.717, 1.165) is 0 Å². The van der Waals surface area contributed by atoms with Gasteiger partial charge in [-0.25, -0.2) is 4.39 Å². The van der Waals surface area contributed by atoms with Crippen LogP contribution in [0.4, 0.5) is 10.1 Å². The van der Waals surface area contributed by atoms with E-state index >= 15 is 0 Å². The highest BCUT2D eigenvalue weighted by atomic mass is 19.1. The van der Waals surface area contributed by atoms with Crippen LogP contribution in [-0.2, 0) is 11.3 Å². The number of nitrogen functional groups attached to an aromatic ring is 1. The van der Waals surface area contributed by atoms with Gasteiger partial charge in [-0.05, 0) is 20.0 Å². The second-order valence-corrected chi connectivity index (χ2v) is 3.95. The number of likely N-dealkylation sites (N-methyl/N-ethyl adjacent to an activating group) is 2. The largest absolute Gasteiger partial charge is 0.396 e. The number of hydrogen-bond acceptors (Lipinski definition) is 3. The van der Waals surface area contributed by atoms with Crippen LogP contribution in [0, 0.1) is 5.82 Å². The number of benzene rings is 1. The van der Waals surface area contributed by atoms with Crippen molar-refractivity contribution in [2.45, 2.75) is 13.5 Å². The molecule has 94 valence electrons. The smallest absolute Gasteiger partial charge is 0.234 e. The van der Waals surface area contributed by atoms with Crippen LogP contribution in [0.25, 0.3) is 0 Å². The maximum Gasteiger partial charge on any atom is 0.234 e. The Morgan fingerprint density at radius 2 is 2.24 bits per heavy atom. The molecule has 1 aromatic rings. The SMILES string of the molecule is CCNC(=O)CN(C)Cc1cccc(N)c1F. The average molecular weight is 239 g/mol. The molecular weight excluding hydrogens is 221 g/mol. The lowest BCUT2D eigenvalue weighted by Crippen LogP contribution is -2.34. The Morgan fingerprint density at radius 1 is 1.53 bits per heavy atom. The van der Waals surface area contributed by atoms with Crippen molar-refractivity contribution in [3.63, 3.8) is 0 Å². The van der Waals surface area contributed by atoms with Crippen molar-refractivity contribution >= 4 is 11.6 Å². The van der Waals surface area contributed by atoms with Gasteiger partial charge in [-0.15, -0.1) is 0 Å². The molecule has 4 nitrogen and oxygen atoms in total. The molecule has 0 atom stereocenters. The predicted octanol–water partition coefficient (Wildman–Crippen LogP) is 0.976. The lowest BCUT2D eigenvalue weighted by Gasteiger charge is -2.16. The van der Waals surface area contributed by atoms with Crippen LogP contribution in [-0.4, -0.2) is 30.9 Å². The summed E-state index contributed by atoms with van der Waals surface area (Å²) in [6.45, 7) is 3.05. The maximum atomic E-state index is 13.6. The highest BCUT2D eigenvalue weighted by Gasteiger charge is 2.10. The molecule has 1 amide bonds. The number of nitrogens with two attached hydrogens (primary N) is 1. The van der Waals surface area contributed by atoms with Crippen LogP contribution in [0.15, 0.2) is 18.2 Å². The van der Waals surface area contributed by atoms with E-state index in [2.05, 4.69) is 5.32 Å². The van der Waals surface area contributed by atoms with Crippen LogP contribution >= 0.6 is 0 Å². The van der Waals surface area contributed by atoms with Crippen LogP contribution in [0.3, 0.4) is 0 Å². The summed E-state index contributed by atoms with van der Waals surface area (Å²) < 4.78 is 13.6. The van der Waals surface area contributed by atoms with Gasteiger partial charge >= 0.3 is 0 Å². The lowest BCUT2D eigenvalue weighted by atomic mass is 10.2. The summed E-state index contributed by atoms with van der Waals surface area (Å²) in [7, 11) is 1.76. The second kappa shape index (κ2) is 6.20. The molecule has 1 aromatic carbocycles. The first-order valence-electron chi connectivity index (χ1n) is 5.52. The zero-order chi connectivity index (χ0) is 12.8. The Bertz CT molecular complexity index is 395. The van der Waals surface area contributed by atoms with Gasteiger partial charge in [-0.1, -0.05) is 12.1 Å². The molecule has 5 heteroatoms. The zero-order valence-electron chi connectivity index (χ0n) is 10.2. The van der Waals surface area contributed by atoms with Gasteiger partial charge in [0.05, 0.1) is 12.2 Å². The molecule has 0 unspecified atom stereocenters. The first-order valence-corrected chi connectivity index (χ1v) is 5.52. The zero-order valence-corrected chi connectivity index (χ0v) is 10.2. The Kier molecular flexibility index (Phi) is 4.90. The fourth-order valence-corrected chi connectivity index (χ4v) is 1.57. The molecular formula is C12H18FN3O. The van der Waals surface area contributed by atoms with Crippen LogP contribution in [0.5, 0.6) is 0 Å². The topological polar surface area (TPSA) is 58.4 Å². The molecule has 0 fully saturated rings. The number of halogens is 1. The second-order valence-electron chi connectivity index (χ2n) is 3.95. The van der Waals surface area contributed by atoms with Gasteiger partial charge in [0, 0.05) is 18.7 Å². The Hall–Kier alpha value is -1.62. The Morgan fingerprint density at radius 3 is 2.88 bits per heavy atom.